The highest BCUT2D eigenvalue weighted by atomic mass is 16.3. The molecule has 0 aromatic heterocycles. The van der Waals surface area contributed by atoms with Gasteiger partial charge in [-0.3, -0.25) is 4.79 Å². The zero-order chi connectivity index (χ0) is 19.4. The third kappa shape index (κ3) is 8.82. The summed E-state index contributed by atoms with van der Waals surface area (Å²) in [5.41, 5.74) is 3.13. The van der Waals surface area contributed by atoms with Gasteiger partial charge < -0.3 is 10.4 Å². The number of carbonyl (C=O) groups excluding carboxylic acids is 1. The Hall–Kier alpha value is -2.13. The van der Waals surface area contributed by atoms with Crippen LogP contribution >= 0.6 is 0 Å². The highest BCUT2D eigenvalue weighted by molar-refractivity contribution is 5.76. The normalized spacial score (nSPS) is 12.0. The van der Waals surface area contributed by atoms with E-state index in [9.17, 15) is 9.90 Å². The van der Waals surface area contributed by atoms with Crippen LogP contribution in [0.5, 0.6) is 0 Å². The standard InChI is InChI=1S/C12H17NO2.C9H10.C2H6/c1-12(2,15)13-11(14)9-8-10-6-4-3-5-7-10;1-2-5-9-7-3-6-8(9)4-1;1-2/h3-7,15H,8-9H2,1-2H3,(H,13,14);1-2,4-5H,3,6-7H2;1-2H3. The van der Waals surface area contributed by atoms with Crippen LogP contribution in [-0.4, -0.2) is 16.7 Å². The van der Waals surface area contributed by atoms with Crippen molar-refractivity contribution in [1.29, 1.82) is 0 Å². The minimum Gasteiger partial charge on any atom is -0.372 e. The fraction of sp³-hybridized carbons (Fsp3) is 0.435. The molecule has 1 aliphatic rings. The Bertz CT molecular complexity index is 622. The van der Waals surface area contributed by atoms with Crippen LogP contribution in [0.25, 0.3) is 0 Å². The minimum atomic E-state index is -1.13. The van der Waals surface area contributed by atoms with Crippen LogP contribution in [0.15, 0.2) is 54.6 Å². The van der Waals surface area contributed by atoms with E-state index in [1.807, 2.05) is 44.2 Å². The summed E-state index contributed by atoms with van der Waals surface area (Å²) in [6.07, 6.45) is 5.06. The van der Waals surface area contributed by atoms with E-state index in [4.69, 9.17) is 0 Å². The largest absolute Gasteiger partial charge is 0.372 e. The van der Waals surface area contributed by atoms with Crippen molar-refractivity contribution < 1.29 is 9.90 Å². The van der Waals surface area contributed by atoms with E-state index in [-0.39, 0.29) is 5.91 Å². The van der Waals surface area contributed by atoms with Crippen molar-refractivity contribution in [3.8, 4) is 0 Å². The molecule has 142 valence electrons. The van der Waals surface area contributed by atoms with Gasteiger partial charge in [-0.15, -0.1) is 0 Å². The fourth-order valence-electron chi connectivity index (χ4n) is 2.82. The number of nitrogens with one attached hydrogen (secondary N) is 1. The van der Waals surface area contributed by atoms with Gasteiger partial charge >= 0.3 is 0 Å². The number of hydrogen-bond acceptors (Lipinski definition) is 2. The molecule has 0 bridgehead atoms. The van der Waals surface area contributed by atoms with Gasteiger partial charge in [0.05, 0.1) is 0 Å². The van der Waals surface area contributed by atoms with Crippen LogP contribution in [0.1, 0.15) is 57.2 Å². The highest BCUT2D eigenvalue weighted by Crippen LogP contribution is 2.20. The second-order valence-corrected chi connectivity index (χ2v) is 6.72. The van der Waals surface area contributed by atoms with Gasteiger partial charge in [0.1, 0.15) is 5.72 Å². The van der Waals surface area contributed by atoms with Gasteiger partial charge in [0.2, 0.25) is 5.91 Å². The van der Waals surface area contributed by atoms with Gasteiger partial charge in [0, 0.05) is 6.42 Å². The Morgan fingerprint density at radius 2 is 1.46 bits per heavy atom. The molecule has 0 fully saturated rings. The van der Waals surface area contributed by atoms with Crippen molar-refractivity contribution in [2.45, 2.75) is 65.5 Å². The molecule has 0 atom stereocenters. The number of rotatable bonds is 4. The molecule has 1 aliphatic carbocycles. The van der Waals surface area contributed by atoms with E-state index in [2.05, 4.69) is 29.6 Å². The molecule has 0 saturated carbocycles. The van der Waals surface area contributed by atoms with E-state index < -0.39 is 5.72 Å². The summed E-state index contributed by atoms with van der Waals surface area (Å²) in [7, 11) is 0. The Kier molecular flexibility index (Phi) is 9.67. The zero-order valence-electron chi connectivity index (χ0n) is 16.6. The first-order valence-electron chi connectivity index (χ1n) is 9.58. The number of fused-ring (bicyclic) bond motifs is 1. The van der Waals surface area contributed by atoms with Gasteiger partial charge in [-0.2, -0.15) is 0 Å². The van der Waals surface area contributed by atoms with Crippen molar-refractivity contribution in [1.82, 2.24) is 5.32 Å². The molecule has 1 amide bonds. The van der Waals surface area contributed by atoms with Gasteiger partial charge in [-0.25, -0.2) is 0 Å². The number of carbonyl (C=O) groups is 1. The first-order valence-corrected chi connectivity index (χ1v) is 9.58. The summed E-state index contributed by atoms with van der Waals surface area (Å²) in [4.78, 5) is 11.4. The first-order chi connectivity index (χ1) is 12.4. The molecule has 3 heteroatoms. The van der Waals surface area contributed by atoms with E-state index >= 15 is 0 Å². The van der Waals surface area contributed by atoms with Crippen LogP contribution in [0.4, 0.5) is 0 Å². The molecule has 0 radical (unpaired) electrons. The summed E-state index contributed by atoms with van der Waals surface area (Å²) in [5.74, 6) is -0.133. The molecule has 2 aromatic carbocycles. The molecule has 0 saturated heterocycles. The van der Waals surface area contributed by atoms with Crippen molar-refractivity contribution in [3.05, 3.63) is 71.3 Å². The second-order valence-electron chi connectivity index (χ2n) is 6.72. The van der Waals surface area contributed by atoms with Crippen molar-refractivity contribution in [3.63, 3.8) is 0 Å². The molecule has 2 aromatic rings. The zero-order valence-corrected chi connectivity index (χ0v) is 16.6. The van der Waals surface area contributed by atoms with Gasteiger partial charge in [0.25, 0.3) is 0 Å². The molecule has 3 nitrogen and oxygen atoms in total. The lowest BCUT2D eigenvalue weighted by Crippen LogP contribution is -2.43. The Balaban J connectivity index is 0.000000259. The smallest absolute Gasteiger partial charge is 0.222 e. The second kappa shape index (κ2) is 11.5. The molecule has 3 rings (SSSR count). The van der Waals surface area contributed by atoms with Crippen molar-refractivity contribution >= 4 is 5.91 Å². The highest BCUT2D eigenvalue weighted by Gasteiger charge is 2.14. The predicted octanol–water partition coefficient (Wildman–Crippen LogP) is 4.67. The van der Waals surface area contributed by atoms with E-state index in [0.29, 0.717) is 12.8 Å². The molecule has 2 N–H and O–H groups in total. The number of aliphatic hydroxyl groups is 1. The maximum Gasteiger partial charge on any atom is 0.222 e. The van der Waals surface area contributed by atoms with Crippen LogP contribution in [0.3, 0.4) is 0 Å². The van der Waals surface area contributed by atoms with Gasteiger partial charge in [-0.05, 0) is 56.2 Å². The van der Waals surface area contributed by atoms with Crippen molar-refractivity contribution in [2.24, 2.45) is 0 Å². The lowest BCUT2D eigenvalue weighted by Gasteiger charge is -2.18. The Morgan fingerprint density at radius 3 is 1.96 bits per heavy atom. The topological polar surface area (TPSA) is 49.3 Å². The number of hydrogen-bond donors (Lipinski definition) is 2. The fourth-order valence-corrected chi connectivity index (χ4v) is 2.82. The van der Waals surface area contributed by atoms with Crippen LogP contribution in [-0.2, 0) is 24.1 Å². The van der Waals surface area contributed by atoms with E-state index in [1.165, 1.54) is 19.3 Å². The van der Waals surface area contributed by atoms with E-state index in [1.54, 1.807) is 25.0 Å². The summed E-state index contributed by atoms with van der Waals surface area (Å²) in [6.45, 7) is 7.10. The molecule has 0 aliphatic heterocycles. The lowest BCUT2D eigenvalue weighted by molar-refractivity contribution is -0.126. The predicted molar refractivity (Wildman–Crippen MR) is 109 cm³/mol. The molecule has 0 unspecified atom stereocenters. The monoisotopic (exact) mass is 355 g/mol. The maximum absolute atomic E-state index is 11.4. The van der Waals surface area contributed by atoms with Crippen LogP contribution in [0, 0.1) is 0 Å². The van der Waals surface area contributed by atoms with Gasteiger partial charge in [-0.1, -0.05) is 68.4 Å². The lowest BCUT2D eigenvalue weighted by atomic mass is 10.1. The van der Waals surface area contributed by atoms with Crippen molar-refractivity contribution in [2.75, 3.05) is 0 Å². The number of aryl methyl sites for hydroxylation is 3. The minimum absolute atomic E-state index is 0.133. The van der Waals surface area contributed by atoms with Crippen LogP contribution < -0.4 is 5.32 Å². The SMILES string of the molecule is CC.CC(C)(O)NC(=O)CCc1ccccc1.c1ccc2c(c1)CCC2. The molecular weight excluding hydrogens is 322 g/mol. The summed E-state index contributed by atoms with van der Waals surface area (Å²) in [6, 6.07) is 18.5. The third-order valence-corrected chi connectivity index (χ3v) is 3.94. The molecular formula is C23H33NO2. The summed E-state index contributed by atoms with van der Waals surface area (Å²) < 4.78 is 0. The Morgan fingerprint density at radius 1 is 0.962 bits per heavy atom. The Labute approximate surface area is 158 Å². The summed E-state index contributed by atoms with van der Waals surface area (Å²) >= 11 is 0. The average Bonchev–Trinajstić information content (AvgIpc) is 3.10. The number of amides is 1. The van der Waals surface area contributed by atoms with Crippen LogP contribution in [0.2, 0.25) is 0 Å². The maximum atomic E-state index is 11.4. The van der Waals surface area contributed by atoms with E-state index in [0.717, 1.165) is 5.56 Å². The number of benzene rings is 2. The van der Waals surface area contributed by atoms with Gasteiger partial charge in [0.15, 0.2) is 0 Å². The summed E-state index contributed by atoms with van der Waals surface area (Å²) in [5, 5.41) is 11.9. The first kappa shape index (κ1) is 21.9. The molecule has 26 heavy (non-hydrogen) atoms. The quantitative estimate of drug-likeness (QED) is 0.783. The average molecular weight is 356 g/mol. The molecule has 0 spiro atoms. The molecule has 0 heterocycles. The third-order valence-electron chi connectivity index (χ3n) is 3.94.